The molecule has 1 aliphatic rings. The molecule has 1 aliphatic heterocycles. The molecule has 2 aromatic heterocycles. The number of imidazole rings is 1. The van der Waals surface area contributed by atoms with Crippen molar-refractivity contribution in [2.45, 2.75) is 32.2 Å². The molecular weight excluding hydrogens is 345 g/mol. The van der Waals surface area contributed by atoms with Gasteiger partial charge in [0.1, 0.15) is 17.2 Å². The van der Waals surface area contributed by atoms with E-state index in [4.69, 9.17) is 4.98 Å². The second-order valence-electron chi connectivity index (χ2n) is 6.79. The predicted molar refractivity (Wildman–Crippen MR) is 102 cm³/mol. The zero-order valence-corrected chi connectivity index (χ0v) is 15.2. The number of urea groups is 1. The molecule has 1 atom stereocenters. The molecule has 0 aliphatic carbocycles. The number of halogens is 1. The number of pyridine rings is 1. The largest absolute Gasteiger partial charge is 0.322 e. The molecule has 140 valence electrons. The van der Waals surface area contributed by atoms with Crippen LogP contribution in [0.2, 0.25) is 0 Å². The molecule has 1 unspecified atom stereocenters. The van der Waals surface area contributed by atoms with E-state index in [1.54, 1.807) is 29.3 Å². The summed E-state index contributed by atoms with van der Waals surface area (Å²) in [6, 6.07) is 9.90. The lowest BCUT2D eigenvalue weighted by molar-refractivity contribution is 0.220. The predicted octanol–water partition coefficient (Wildman–Crippen LogP) is 4.00. The van der Waals surface area contributed by atoms with E-state index in [9.17, 15) is 9.18 Å². The van der Waals surface area contributed by atoms with Gasteiger partial charge in [-0.05, 0) is 37.1 Å². The van der Waals surface area contributed by atoms with E-state index in [0.717, 1.165) is 36.3 Å². The van der Waals surface area contributed by atoms with E-state index in [1.165, 1.54) is 6.07 Å². The summed E-state index contributed by atoms with van der Waals surface area (Å²) in [4.78, 5) is 23.5. The summed E-state index contributed by atoms with van der Waals surface area (Å²) >= 11 is 0. The number of anilines is 1. The maximum Gasteiger partial charge on any atom is 0.321 e. The van der Waals surface area contributed by atoms with Gasteiger partial charge in [0.15, 0.2) is 5.65 Å². The van der Waals surface area contributed by atoms with Crippen molar-refractivity contribution in [2.75, 3.05) is 18.4 Å². The Balaban J connectivity index is 1.54. The van der Waals surface area contributed by atoms with Gasteiger partial charge in [0.05, 0.1) is 11.7 Å². The number of nitrogens with one attached hydrogen (secondary N) is 1. The Morgan fingerprint density at radius 3 is 2.96 bits per heavy atom. The third-order valence-electron chi connectivity index (χ3n) is 4.93. The third-order valence-corrected chi connectivity index (χ3v) is 4.93. The van der Waals surface area contributed by atoms with Crippen molar-refractivity contribution in [1.82, 2.24) is 19.4 Å². The lowest BCUT2D eigenvalue weighted by Crippen LogP contribution is -2.33. The molecule has 1 fully saturated rings. The van der Waals surface area contributed by atoms with Gasteiger partial charge in [-0.2, -0.15) is 0 Å². The molecule has 27 heavy (non-hydrogen) atoms. The van der Waals surface area contributed by atoms with Gasteiger partial charge in [-0.25, -0.2) is 19.2 Å². The van der Waals surface area contributed by atoms with Crippen molar-refractivity contribution < 1.29 is 9.18 Å². The molecule has 0 spiro atoms. The number of carbonyl (C=O) groups is 1. The molecule has 3 aromatic rings. The molecule has 0 bridgehead atoms. The second-order valence-corrected chi connectivity index (χ2v) is 6.79. The summed E-state index contributed by atoms with van der Waals surface area (Å²) < 4.78 is 16.0. The second kappa shape index (κ2) is 7.34. The highest BCUT2D eigenvalue weighted by atomic mass is 19.1. The summed E-state index contributed by atoms with van der Waals surface area (Å²) in [5.41, 5.74) is 1.95. The number of likely N-dealkylation sites (tertiary alicyclic amines) is 1. The van der Waals surface area contributed by atoms with E-state index < -0.39 is 5.82 Å². The summed E-state index contributed by atoms with van der Waals surface area (Å²) in [6.45, 7) is 3.29. The summed E-state index contributed by atoms with van der Waals surface area (Å²) in [5.74, 6) is 0.573. The first-order chi connectivity index (χ1) is 13.2. The Morgan fingerprint density at radius 1 is 1.30 bits per heavy atom. The fourth-order valence-electron chi connectivity index (χ4n) is 3.65. The molecule has 4 rings (SSSR count). The van der Waals surface area contributed by atoms with E-state index >= 15 is 0 Å². The van der Waals surface area contributed by atoms with Gasteiger partial charge in [-0.3, -0.25) is 0 Å². The van der Waals surface area contributed by atoms with Crippen LogP contribution in [0.3, 0.4) is 0 Å². The molecule has 0 saturated carbocycles. The number of rotatable bonds is 4. The van der Waals surface area contributed by atoms with Crippen molar-refractivity contribution in [3.63, 3.8) is 0 Å². The minimum Gasteiger partial charge on any atom is -0.322 e. The van der Waals surface area contributed by atoms with Crippen molar-refractivity contribution in [2.24, 2.45) is 0 Å². The smallest absolute Gasteiger partial charge is 0.321 e. The third kappa shape index (κ3) is 3.37. The van der Waals surface area contributed by atoms with Gasteiger partial charge in [0.2, 0.25) is 0 Å². The number of para-hydroxylation sites is 1. The minimum atomic E-state index is -0.434. The Hall–Kier alpha value is -2.96. The SMILES string of the molecule is CCCc1nc2cccnc2n1C1CCN(C(=O)Nc2ccccc2F)C1. The minimum absolute atomic E-state index is 0.123. The van der Waals surface area contributed by atoms with Gasteiger partial charge in [-0.15, -0.1) is 0 Å². The average Bonchev–Trinajstić information content (AvgIpc) is 3.28. The monoisotopic (exact) mass is 367 g/mol. The van der Waals surface area contributed by atoms with Crippen molar-refractivity contribution in [3.8, 4) is 0 Å². The van der Waals surface area contributed by atoms with Crippen molar-refractivity contribution >= 4 is 22.9 Å². The number of hydrogen-bond donors (Lipinski definition) is 1. The van der Waals surface area contributed by atoms with E-state index in [2.05, 4.69) is 21.8 Å². The Kier molecular flexibility index (Phi) is 4.75. The summed E-state index contributed by atoms with van der Waals surface area (Å²) in [5, 5.41) is 2.67. The number of amides is 2. The topological polar surface area (TPSA) is 63.1 Å². The zero-order valence-electron chi connectivity index (χ0n) is 15.2. The molecule has 2 amide bonds. The van der Waals surface area contributed by atoms with Crippen LogP contribution >= 0.6 is 0 Å². The van der Waals surface area contributed by atoms with Crippen LogP contribution < -0.4 is 5.32 Å². The van der Waals surface area contributed by atoms with Crippen LogP contribution in [0.5, 0.6) is 0 Å². The highest BCUT2D eigenvalue weighted by molar-refractivity contribution is 5.89. The fourth-order valence-corrected chi connectivity index (χ4v) is 3.65. The first kappa shape index (κ1) is 17.5. The van der Waals surface area contributed by atoms with E-state index in [0.29, 0.717) is 13.1 Å². The highest BCUT2D eigenvalue weighted by Gasteiger charge is 2.30. The van der Waals surface area contributed by atoms with Crippen LogP contribution in [-0.2, 0) is 6.42 Å². The number of aromatic nitrogens is 3. The maximum atomic E-state index is 13.8. The van der Waals surface area contributed by atoms with Gasteiger partial charge >= 0.3 is 6.03 Å². The maximum absolute atomic E-state index is 13.8. The average molecular weight is 367 g/mol. The standard InChI is InChI=1S/C20H22FN5O/c1-2-6-18-23-17-9-5-11-22-19(17)26(18)14-10-12-25(13-14)20(27)24-16-8-4-3-7-15(16)21/h3-5,7-9,11,14H,2,6,10,12-13H2,1H3,(H,24,27). The number of nitrogens with zero attached hydrogens (tertiary/aromatic N) is 4. The lowest BCUT2D eigenvalue weighted by atomic mass is 10.2. The van der Waals surface area contributed by atoms with Crippen LogP contribution in [0.4, 0.5) is 14.9 Å². The first-order valence-electron chi connectivity index (χ1n) is 9.29. The van der Waals surface area contributed by atoms with Gasteiger partial charge in [0.25, 0.3) is 0 Å². The normalized spacial score (nSPS) is 16.8. The van der Waals surface area contributed by atoms with E-state index in [1.807, 2.05) is 12.1 Å². The number of aryl methyl sites for hydroxylation is 1. The van der Waals surface area contributed by atoms with Gasteiger partial charge < -0.3 is 14.8 Å². The van der Waals surface area contributed by atoms with E-state index in [-0.39, 0.29) is 17.8 Å². The van der Waals surface area contributed by atoms with Crippen LogP contribution in [0.25, 0.3) is 11.2 Å². The summed E-state index contributed by atoms with van der Waals surface area (Å²) in [7, 11) is 0. The molecular formula is C20H22FN5O. The van der Waals surface area contributed by atoms with Crippen LogP contribution in [0.15, 0.2) is 42.6 Å². The first-order valence-corrected chi connectivity index (χ1v) is 9.29. The molecule has 6 nitrogen and oxygen atoms in total. The number of benzene rings is 1. The Morgan fingerprint density at radius 2 is 2.15 bits per heavy atom. The molecule has 3 heterocycles. The number of hydrogen-bond acceptors (Lipinski definition) is 3. The van der Waals surface area contributed by atoms with Crippen LogP contribution in [-0.4, -0.2) is 38.6 Å². The fraction of sp³-hybridized carbons (Fsp3) is 0.350. The molecule has 0 radical (unpaired) electrons. The Labute approximate surface area is 157 Å². The zero-order chi connectivity index (χ0) is 18.8. The molecule has 1 saturated heterocycles. The number of carbonyl (C=O) groups excluding carboxylic acids is 1. The lowest BCUT2D eigenvalue weighted by Gasteiger charge is -2.19. The van der Waals surface area contributed by atoms with Crippen LogP contribution in [0.1, 0.15) is 31.6 Å². The van der Waals surface area contributed by atoms with Gasteiger partial charge in [-0.1, -0.05) is 19.1 Å². The molecule has 1 N–H and O–H groups in total. The molecule has 1 aromatic carbocycles. The van der Waals surface area contributed by atoms with Crippen molar-refractivity contribution in [3.05, 3.63) is 54.2 Å². The summed E-state index contributed by atoms with van der Waals surface area (Å²) in [6.07, 6.45) is 4.46. The van der Waals surface area contributed by atoms with Crippen LogP contribution in [0, 0.1) is 5.82 Å². The molecule has 7 heteroatoms. The Bertz CT molecular complexity index is 970. The number of fused-ring (bicyclic) bond motifs is 1. The highest BCUT2D eigenvalue weighted by Crippen LogP contribution is 2.28. The van der Waals surface area contributed by atoms with Crippen molar-refractivity contribution in [1.29, 1.82) is 0 Å². The van der Waals surface area contributed by atoms with Gasteiger partial charge in [0, 0.05) is 25.7 Å². The quantitative estimate of drug-likeness (QED) is 0.758.